The highest BCUT2D eigenvalue weighted by Crippen LogP contribution is 2.46. The molecule has 1 aliphatic heterocycles. The second kappa shape index (κ2) is 7.08. The van der Waals surface area contributed by atoms with E-state index in [1.165, 1.54) is 13.2 Å². The van der Waals surface area contributed by atoms with E-state index in [1.807, 2.05) is 19.1 Å². The number of phenolic OH excluding ortho intramolecular Hbond substituents is 1. The molecular weight excluding hydrogens is 392 g/mol. The number of aryl methyl sites for hydroxylation is 1. The van der Waals surface area contributed by atoms with Gasteiger partial charge >= 0.3 is 0 Å². The zero-order valence-corrected chi connectivity index (χ0v) is 16.4. The number of aromatic nitrogens is 2. The van der Waals surface area contributed by atoms with Gasteiger partial charge in [-0.05, 0) is 42.8 Å². The lowest BCUT2D eigenvalue weighted by atomic mass is 9.84. The van der Waals surface area contributed by atoms with Gasteiger partial charge in [-0.2, -0.15) is 10.4 Å². The Balaban J connectivity index is 1.96. The van der Waals surface area contributed by atoms with Gasteiger partial charge in [-0.3, -0.25) is 0 Å². The van der Waals surface area contributed by atoms with Crippen molar-refractivity contribution in [2.24, 2.45) is 5.73 Å². The monoisotopic (exact) mass is 408 g/mol. The van der Waals surface area contributed by atoms with Crippen LogP contribution >= 0.6 is 11.6 Å². The maximum absolute atomic E-state index is 9.96. The zero-order chi connectivity index (χ0) is 20.7. The first-order valence-corrected chi connectivity index (χ1v) is 9.12. The van der Waals surface area contributed by atoms with E-state index in [0.29, 0.717) is 33.6 Å². The number of nitrogens with zero attached hydrogens (tertiary/aromatic N) is 3. The molecule has 1 aromatic heterocycles. The van der Waals surface area contributed by atoms with E-state index < -0.39 is 5.92 Å². The van der Waals surface area contributed by atoms with Crippen LogP contribution in [0.1, 0.15) is 22.7 Å². The summed E-state index contributed by atoms with van der Waals surface area (Å²) in [6, 6.07) is 14.3. The number of nitriles is 1. The third-order valence-electron chi connectivity index (χ3n) is 4.82. The lowest BCUT2D eigenvalue weighted by molar-refractivity contribution is 0.365. The highest BCUT2D eigenvalue weighted by molar-refractivity contribution is 6.30. The number of ether oxygens (including phenoxy) is 2. The maximum Gasteiger partial charge on any atom is 0.229 e. The van der Waals surface area contributed by atoms with Crippen molar-refractivity contribution in [2.75, 3.05) is 7.11 Å². The summed E-state index contributed by atoms with van der Waals surface area (Å²) < 4.78 is 12.7. The van der Waals surface area contributed by atoms with Gasteiger partial charge in [-0.15, -0.1) is 0 Å². The number of methoxy groups -OCH3 is 1. The van der Waals surface area contributed by atoms with Crippen molar-refractivity contribution >= 4 is 11.6 Å². The number of aromatic hydroxyl groups is 1. The molecule has 0 aliphatic carbocycles. The van der Waals surface area contributed by atoms with E-state index in [9.17, 15) is 10.4 Å². The fraction of sp³-hybridized carbons (Fsp3) is 0.143. The molecule has 1 atom stereocenters. The summed E-state index contributed by atoms with van der Waals surface area (Å²) >= 11 is 6.14. The predicted molar refractivity (Wildman–Crippen MR) is 107 cm³/mol. The van der Waals surface area contributed by atoms with E-state index in [1.54, 1.807) is 28.9 Å². The Bertz CT molecular complexity index is 1190. The number of rotatable bonds is 3. The van der Waals surface area contributed by atoms with Crippen molar-refractivity contribution in [1.29, 1.82) is 5.26 Å². The van der Waals surface area contributed by atoms with Gasteiger partial charge in [-0.1, -0.05) is 23.7 Å². The molecule has 0 fully saturated rings. The summed E-state index contributed by atoms with van der Waals surface area (Å²) in [6.07, 6.45) is 0. The molecule has 146 valence electrons. The summed E-state index contributed by atoms with van der Waals surface area (Å²) in [5.74, 6) is 0.196. The summed E-state index contributed by atoms with van der Waals surface area (Å²) in [4.78, 5) is 0. The third kappa shape index (κ3) is 3.04. The molecule has 0 spiro atoms. The minimum Gasteiger partial charge on any atom is -0.504 e. The SMILES string of the molecule is COc1cc([C@@H]2C(C#N)=C(N)Oc3c2c(C)nn3-c2cccc(Cl)c2)ccc1O. The summed E-state index contributed by atoms with van der Waals surface area (Å²) in [5, 5.41) is 24.9. The number of hydrogen-bond donors (Lipinski definition) is 2. The van der Waals surface area contributed by atoms with Crippen LogP contribution < -0.4 is 15.2 Å². The molecule has 3 N–H and O–H groups in total. The average molecular weight is 409 g/mol. The van der Waals surface area contributed by atoms with Crippen molar-refractivity contribution in [3.8, 4) is 29.1 Å². The number of benzene rings is 2. The number of hydrogen-bond acceptors (Lipinski definition) is 6. The first-order valence-electron chi connectivity index (χ1n) is 8.74. The van der Waals surface area contributed by atoms with E-state index >= 15 is 0 Å². The van der Waals surface area contributed by atoms with E-state index in [0.717, 1.165) is 5.56 Å². The van der Waals surface area contributed by atoms with Crippen molar-refractivity contribution in [3.05, 3.63) is 75.8 Å². The smallest absolute Gasteiger partial charge is 0.229 e. The van der Waals surface area contributed by atoms with Crippen LogP contribution in [0.15, 0.2) is 53.9 Å². The van der Waals surface area contributed by atoms with Crippen LogP contribution in [-0.4, -0.2) is 22.0 Å². The van der Waals surface area contributed by atoms with Gasteiger partial charge in [0.15, 0.2) is 11.5 Å². The maximum atomic E-state index is 9.96. The molecule has 29 heavy (non-hydrogen) atoms. The van der Waals surface area contributed by atoms with Crippen LogP contribution in [0.25, 0.3) is 5.69 Å². The molecule has 2 heterocycles. The molecule has 8 heteroatoms. The number of nitrogens with two attached hydrogens (primary N) is 1. The fourth-order valence-corrected chi connectivity index (χ4v) is 3.69. The summed E-state index contributed by atoms with van der Waals surface area (Å²) in [7, 11) is 1.46. The quantitative estimate of drug-likeness (QED) is 0.683. The molecule has 0 amide bonds. The Morgan fingerprint density at radius 3 is 2.79 bits per heavy atom. The summed E-state index contributed by atoms with van der Waals surface area (Å²) in [5.41, 5.74) is 9.18. The number of fused-ring (bicyclic) bond motifs is 1. The molecule has 1 aliphatic rings. The van der Waals surface area contributed by atoms with Crippen LogP contribution in [-0.2, 0) is 0 Å². The minimum absolute atomic E-state index is 0.000204. The van der Waals surface area contributed by atoms with Gasteiger partial charge in [0.2, 0.25) is 11.8 Å². The second-order valence-electron chi connectivity index (χ2n) is 6.55. The largest absolute Gasteiger partial charge is 0.504 e. The zero-order valence-electron chi connectivity index (χ0n) is 15.7. The van der Waals surface area contributed by atoms with E-state index in [-0.39, 0.29) is 17.2 Å². The van der Waals surface area contributed by atoms with Crippen LogP contribution in [0, 0.1) is 18.3 Å². The Hall–Kier alpha value is -3.63. The number of allylic oxidation sites excluding steroid dienone is 1. The number of halogens is 1. The molecule has 0 unspecified atom stereocenters. The fourth-order valence-electron chi connectivity index (χ4n) is 3.50. The van der Waals surface area contributed by atoms with Crippen LogP contribution in [0.4, 0.5) is 0 Å². The van der Waals surface area contributed by atoms with Gasteiger partial charge in [0, 0.05) is 5.02 Å². The van der Waals surface area contributed by atoms with Crippen LogP contribution in [0.5, 0.6) is 17.4 Å². The summed E-state index contributed by atoms with van der Waals surface area (Å²) in [6.45, 7) is 1.84. The lowest BCUT2D eigenvalue weighted by Crippen LogP contribution is -2.22. The van der Waals surface area contributed by atoms with Gasteiger partial charge in [0.05, 0.1) is 30.0 Å². The Kier molecular flexibility index (Phi) is 4.57. The van der Waals surface area contributed by atoms with Crippen LogP contribution in [0.2, 0.25) is 5.02 Å². The molecular formula is C21H17ClN4O3. The second-order valence-corrected chi connectivity index (χ2v) is 6.99. The first-order chi connectivity index (χ1) is 13.9. The molecule has 0 saturated carbocycles. The Morgan fingerprint density at radius 2 is 2.10 bits per heavy atom. The predicted octanol–water partition coefficient (Wildman–Crippen LogP) is 3.77. The topological polar surface area (TPSA) is 106 Å². The van der Waals surface area contributed by atoms with E-state index in [4.69, 9.17) is 26.8 Å². The molecule has 2 aromatic carbocycles. The van der Waals surface area contributed by atoms with Crippen molar-refractivity contribution in [2.45, 2.75) is 12.8 Å². The standard InChI is InChI=1S/C21H17ClN4O3/c1-11-18-19(12-6-7-16(27)17(8-12)28-2)15(10-23)20(24)29-21(18)26(25-11)14-5-3-4-13(22)9-14/h3-9,19,27H,24H2,1-2H3/t19-/m1/s1. The Labute approximate surface area is 172 Å². The molecule has 0 bridgehead atoms. The van der Waals surface area contributed by atoms with Gasteiger partial charge in [0.25, 0.3) is 0 Å². The van der Waals surface area contributed by atoms with Crippen molar-refractivity contribution < 1.29 is 14.6 Å². The minimum atomic E-state index is -0.522. The van der Waals surface area contributed by atoms with Gasteiger partial charge < -0.3 is 20.3 Å². The first kappa shape index (κ1) is 18.7. The van der Waals surface area contributed by atoms with Crippen molar-refractivity contribution in [1.82, 2.24) is 9.78 Å². The normalized spacial score (nSPS) is 15.4. The molecule has 3 aromatic rings. The van der Waals surface area contributed by atoms with Gasteiger partial charge in [-0.25, -0.2) is 4.68 Å². The Morgan fingerprint density at radius 1 is 1.31 bits per heavy atom. The highest BCUT2D eigenvalue weighted by atomic mass is 35.5. The third-order valence-corrected chi connectivity index (χ3v) is 5.06. The molecule has 0 saturated heterocycles. The van der Waals surface area contributed by atoms with Gasteiger partial charge in [0.1, 0.15) is 11.6 Å². The van der Waals surface area contributed by atoms with Crippen LogP contribution in [0.3, 0.4) is 0 Å². The molecule has 0 radical (unpaired) electrons. The van der Waals surface area contributed by atoms with Crippen molar-refractivity contribution in [3.63, 3.8) is 0 Å². The molecule has 7 nitrogen and oxygen atoms in total. The van der Waals surface area contributed by atoms with E-state index in [2.05, 4.69) is 11.2 Å². The molecule has 4 rings (SSSR count). The highest BCUT2D eigenvalue weighted by Gasteiger charge is 2.36. The average Bonchev–Trinajstić information content (AvgIpc) is 3.03. The lowest BCUT2D eigenvalue weighted by Gasteiger charge is -2.25. The number of phenols is 1.